The van der Waals surface area contributed by atoms with Gasteiger partial charge in [-0.25, -0.2) is 4.98 Å². The van der Waals surface area contributed by atoms with E-state index in [1.54, 1.807) is 6.07 Å². The predicted molar refractivity (Wildman–Crippen MR) is 70.3 cm³/mol. The standard InChI is InChI=1S/C13H9ClF2N2O2/c14-11-7-8(5-6-17-11)12(19)18-9-3-1-2-4-10(9)20-13(15)16/h1-7,13H,(H,18,19). The van der Waals surface area contributed by atoms with Crippen LogP contribution in [0.15, 0.2) is 42.6 Å². The van der Waals surface area contributed by atoms with Gasteiger partial charge in [0.15, 0.2) is 0 Å². The summed E-state index contributed by atoms with van der Waals surface area (Å²) in [6, 6.07) is 8.73. The van der Waals surface area contributed by atoms with Crippen LogP contribution in [-0.4, -0.2) is 17.5 Å². The van der Waals surface area contributed by atoms with Crippen LogP contribution < -0.4 is 10.1 Å². The molecule has 0 saturated heterocycles. The Morgan fingerprint density at radius 2 is 2.05 bits per heavy atom. The summed E-state index contributed by atoms with van der Waals surface area (Å²) in [7, 11) is 0. The maximum atomic E-state index is 12.3. The highest BCUT2D eigenvalue weighted by molar-refractivity contribution is 6.29. The molecule has 1 N–H and O–H groups in total. The lowest BCUT2D eigenvalue weighted by Gasteiger charge is -2.11. The lowest BCUT2D eigenvalue weighted by molar-refractivity contribution is -0.0493. The molecule has 2 rings (SSSR count). The summed E-state index contributed by atoms with van der Waals surface area (Å²) < 4.78 is 28.8. The molecule has 1 aromatic carbocycles. The van der Waals surface area contributed by atoms with Gasteiger partial charge in [0.25, 0.3) is 5.91 Å². The molecule has 0 bridgehead atoms. The number of pyridine rings is 1. The van der Waals surface area contributed by atoms with Crippen LogP contribution in [0, 0.1) is 0 Å². The predicted octanol–water partition coefficient (Wildman–Crippen LogP) is 3.59. The highest BCUT2D eigenvalue weighted by atomic mass is 35.5. The number of nitrogens with zero attached hydrogens (tertiary/aromatic N) is 1. The Morgan fingerprint density at radius 3 is 2.75 bits per heavy atom. The number of amides is 1. The lowest BCUT2D eigenvalue weighted by atomic mass is 10.2. The van der Waals surface area contributed by atoms with Crippen LogP contribution in [-0.2, 0) is 0 Å². The Bertz CT molecular complexity index is 623. The van der Waals surface area contributed by atoms with Crippen molar-refractivity contribution in [1.29, 1.82) is 0 Å². The van der Waals surface area contributed by atoms with E-state index < -0.39 is 12.5 Å². The lowest BCUT2D eigenvalue weighted by Crippen LogP contribution is -2.14. The fraction of sp³-hybridized carbons (Fsp3) is 0.0769. The molecule has 104 valence electrons. The number of alkyl halides is 2. The van der Waals surface area contributed by atoms with E-state index in [0.717, 1.165) is 0 Å². The molecule has 0 saturated carbocycles. The zero-order chi connectivity index (χ0) is 14.5. The van der Waals surface area contributed by atoms with Gasteiger partial charge in [-0.3, -0.25) is 4.79 Å². The number of halogens is 3. The number of carbonyl (C=O) groups excluding carboxylic acids is 1. The van der Waals surface area contributed by atoms with Gasteiger partial charge in [-0.1, -0.05) is 23.7 Å². The van der Waals surface area contributed by atoms with Crippen molar-refractivity contribution in [2.75, 3.05) is 5.32 Å². The number of hydrogen-bond donors (Lipinski definition) is 1. The van der Waals surface area contributed by atoms with Crippen molar-refractivity contribution in [2.24, 2.45) is 0 Å². The fourth-order valence-electron chi connectivity index (χ4n) is 1.51. The molecule has 1 amide bonds. The van der Waals surface area contributed by atoms with Crippen LogP contribution in [0.5, 0.6) is 5.75 Å². The van der Waals surface area contributed by atoms with Crippen LogP contribution in [0.25, 0.3) is 0 Å². The number of rotatable bonds is 4. The van der Waals surface area contributed by atoms with E-state index in [1.807, 2.05) is 0 Å². The molecule has 0 spiro atoms. The quantitative estimate of drug-likeness (QED) is 0.878. The normalized spacial score (nSPS) is 10.4. The van der Waals surface area contributed by atoms with Gasteiger partial charge in [0.1, 0.15) is 10.9 Å². The first kappa shape index (κ1) is 14.2. The topological polar surface area (TPSA) is 51.2 Å². The summed E-state index contributed by atoms with van der Waals surface area (Å²) in [6.45, 7) is -2.97. The first-order chi connectivity index (χ1) is 9.56. The first-order valence-corrected chi connectivity index (χ1v) is 5.91. The maximum Gasteiger partial charge on any atom is 0.387 e. The van der Waals surface area contributed by atoms with Crippen molar-refractivity contribution in [1.82, 2.24) is 4.98 Å². The number of carbonyl (C=O) groups is 1. The van der Waals surface area contributed by atoms with Crippen molar-refractivity contribution in [3.8, 4) is 5.75 Å². The van der Waals surface area contributed by atoms with E-state index in [2.05, 4.69) is 15.0 Å². The maximum absolute atomic E-state index is 12.3. The van der Waals surface area contributed by atoms with Gasteiger partial charge < -0.3 is 10.1 Å². The largest absolute Gasteiger partial charge is 0.433 e. The summed E-state index contributed by atoms with van der Waals surface area (Å²) in [6.07, 6.45) is 1.37. The van der Waals surface area contributed by atoms with Gasteiger partial charge in [0.05, 0.1) is 5.69 Å². The molecule has 0 unspecified atom stereocenters. The van der Waals surface area contributed by atoms with E-state index in [-0.39, 0.29) is 22.2 Å². The van der Waals surface area contributed by atoms with Crippen LogP contribution in [0.1, 0.15) is 10.4 Å². The van der Waals surface area contributed by atoms with Gasteiger partial charge in [0.2, 0.25) is 0 Å². The van der Waals surface area contributed by atoms with E-state index in [9.17, 15) is 13.6 Å². The summed E-state index contributed by atoms with van der Waals surface area (Å²) in [5.74, 6) is -0.615. The highest BCUT2D eigenvalue weighted by Crippen LogP contribution is 2.26. The molecule has 0 aliphatic rings. The SMILES string of the molecule is O=C(Nc1ccccc1OC(F)F)c1ccnc(Cl)c1. The molecule has 7 heteroatoms. The Kier molecular flexibility index (Phi) is 4.47. The third kappa shape index (κ3) is 3.64. The summed E-state index contributed by atoms with van der Waals surface area (Å²) in [5.41, 5.74) is 0.405. The fourth-order valence-corrected chi connectivity index (χ4v) is 1.68. The molecular formula is C13H9ClF2N2O2. The second-order valence-electron chi connectivity index (χ2n) is 3.70. The van der Waals surface area contributed by atoms with Gasteiger partial charge >= 0.3 is 6.61 Å². The zero-order valence-electron chi connectivity index (χ0n) is 10.0. The monoisotopic (exact) mass is 298 g/mol. The smallest absolute Gasteiger partial charge is 0.387 e. The Labute approximate surface area is 118 Å². The minimum Gasteiger partial charge on any atom is -0.433 e. The van der Waals surface area contributed by atoms with Gasteiger partial charge in [-0.15, -0.1) is 0 Å². The third-order valence-corrected chi connectivity index (χ3v) is 2.55. The zero-order valence-corrected chi connectivity index (χ0v) is 10.8. The Balaban J connectivity index is 2.19. The minimum absolute atomic E-state index is 0.115. The number of hydrogen-bond acceptors (Lipinski definition) is 3. The summed E-state index contributed by atoms with van der Waals surface area (Å²) in [5, 5.41) is 2.64. The van der Waals surface area contributed by atoms with Crippen molar-refractivity contribution in [3.05, 3.63) is 53.3 Å². The highest BCUT2D eigenvalue weighted by Gasteiger charge is 2.13. The molecule has 0 aliphatic carbocycles. The third-order valence-electron chi connectivity index (χ3n) is 2.34. The van der Waals surface area contributed by atoms with Crippen molar-refractivity contribution < 1.29 is 18.3 Å². The van der Waals surface area contributed by atoms with Crippen molar-refractivity contribution in [2.45, 2.75) is 6.61 Å². The van der Waals surface area contributed by atoms with Crippen LogP contribution >= 0.6 is 11.6 Å². The molecule has 1 aromatic heterocycles. The Hall–Kier alpha value is -2.21. The summed E-state index contributed by atoms with van der Waals surface area (Å²) >= 11 is 5.68. The number of ether oxygens (including phenoxy) is 1. The van der Waals surface area contributed by atoms with Crippen molar-refractivity contribution in [3.63, 3.8) is 0 Å². The van der Waals surface area contributed by atoms with Crippen LogP contribution in [0.2, 0.25) is 5.15 Å². The Morgan fingerprint density at radius 1 is 1.30 bits per heavy atom. The molecule has 1 heterocycles. The molecule has 20 heavy (non-hydrogen) atoms. The average molecular weight is 299 g/mol. The molecule has 0 atom stereocenters. The number of aromatic nitrogens is 1. The molecule has 0 fully saturated rings. The molecule has 0 radical (unpaired) electrons. The van der Waals surface area contributed by atoms with Crippen LogP contribution in [0.3, 0.4) is 0 Å². The molecule has 4 nitrogen and oxygen atoms in total. The molecular weight excluding hydrogens is 290 g/mol. The first-order valence-electron chi connectivity index (χ1n) is 5.53. The van der Waals surface area contributed by atoms with E-state index in [4.69, 9.17) is 11.6 Å². The van der Waals surface area contributed by atoms with Gasteiger partial charge in [0, 0.05) is 11.8 Å². The summed E-state index contributed by atoms with van der Waals surface area (Å²) in [4.78, 5) is 15.7. The number of nitrogens with one attached hydrogen (secondary N) is 1. The number of para-hydroxylation sites is 2. The van der Waals surface area contributed by atoms with E-state index >= 15 is 0 Å². The van der Waals surface area contributed by atoms with E-state index in [0.29, 0.717) is 0 Å². The van der Waals surface area contributed by atoms with Crippen molar-refractivity contribution >= 4 is 23.2 Å². The average Bonchev–Trinajstić information content (AvgIpc) is 2.40. The molecule has 0 aliphatic heterocycles. The number of anilines is 1. The van der Waals surface area contributed by atoms with Gasteiger partial charge in [-0.2, -0.15) is 8.78 Å². The van der Waals surface area contributed by atoms with Crippen LogP contribution in [0.4, 0.5) is 14.5 Å². The second-order valence-corrected chi connectivity index (χ2v) is 4.08. The van der Waals surface area contributed by atoms with E-state index in [1.165, 1.54) is 36.5 Å². The van der Waals surface area contributed by atoms with Gasteiger partial charge in [-0.05, 0) is 24.3 Å². The second kappa shape index (κ2) is 6.29. The number of benzene rings is 1. The molecule has 2 aromatic rings. The minimum atomic E-state index is -2.97.